The van der Waals surface area contributed by atoms with Crippen molar-refractivity contribution in [1.29, 1.82) is 0 Å². The molecule has 2 unspecified atom stereocenters. The number of rotatable bonds is 9. The molecule has 0 spiro atoms. The molecule has 0 aromatic heterocycles. The van der Waals surface area contributed by atoms with Crippen LogP contribution in [0.1, 0.15) is 41.1 Å². The third-order valence-electron chi connectivity index (χ3n) is 6.55. The summed E-state index contributed by atoms with van der Waals surface area (Å²) in [7, 11) is 3.24. The highest BCUT2D eigenvalue weighted by Crippen LogP contribution is 2.43. The van der Waals surface area contributed by atoms with Gasteiger partial charge in [-0.15, -0.1) is 0 Å². The summed E-state index contributed by atoms with van der Waals surface area (Å²) in [4.78, 5) is 14.1. The highest BCUT2D eigenvalue weighted by Gasteiger charge is 2.32. The van der Waals surface area contributed by atoms with E-state index in [2.05, 4.69) is 30.0 Å². The molecule has 0 saturated carbocycles. The molecule has 1 heterocycles. The first-order chi connectivity index (χ1) is 17.0. The van der Waals surface area contributed by atoms with Gasteiger partial charge in [0.1, 0.15) is 6.61 Å². The molecule has 0 aliphatic carbocycles. The summed E-state index contributed by atoms with van der Waals surface area (Å²) >= 11 is 0. The highest BCUT2D eigenvalue weighted by atomic mass is 16.5. The normalized spacial score (nSPS) is 16.9. The molecule has 1 aliphatic heterocycles. The van der Waals surface area contributed by atoms with Crippen molar-refractivity contribution < 1.29 is 24.1 Å². The van der Waals surface area contributed by atoms with Crippen molar-refractivity contribution in [3.63, 3.8) is 0 Å². The summed E-state index contributed by atoms with van der Waals surface area (Å²) in [5, 5.41) is 9.69. The number of nitrogens with zero attached hydrogens (tertiary/aromatic N) is 1. The van der Waals surface area contributed by atoms with Crippen LogP contribution in [0, 0.1) is 12.8 Å². The Morgan fingerprint density at radius 2 is 1.71 bits per heavy atom. The van der Waals surface area contributed by atoms with Crippen molar-refractivity contribution >= 4 is 5.97 Å². The third kappa shape index (κ3) is 5.77. The molecule has 1 N–H and O–H groups in total. The fourth-order valence-corrected chi connectivity index (χ4v) is 4.83. The molecule has 3 aromatic rings. The lowest BCUT2D eigenvalue weighted by Gasteiger charge is -2.38. The molecule has 35 heavy (non-hydrogen) atoms. The van der Waals surface area contributed by atoms with Crippen LogP contribution in [0.4, 0.5) is 0 Å². The van der Waals surface area contributed by atoms with Crippen LogP contribution < -0.4 is 14.2 Å². The van der Waals surface area contributed by atoms with Gasteiger partial charge in [0, 0.05) is 6.54 Å². The minimum Gasteiger partial charge on any atom is -0.493 e. The van der Waals surface area contributed by atoms with E-state index in [1.165, 1.54) is 0 Å². The zero-order valence-electron chi connectivity index (χ0n) is 20.6. The van der Waals surface area contributed by atoms with E-state index in [-0.39, 0.29) is 12.0 Å². The number of carboxylic acid groups (broad SMARTS) is 1. The van der Waals surface area contributed by atoms with Gasteiger partial charge in [-0.05, 0) is 55.1 Å². The molecular formula is C29H33NO5. The SMILES string of the molecule is COc1cc(C(c2cccc(C)c2)N2CCCC(C(=O)O)C2)cc(OC)c1OCc1ccccc1. The van der Waals surface area contributed by atoms with Gasteiger partial charge in [0.2, 0.25) is 5.75 Å². The number of hydrogen-bond donors (Lipinski definition) is 1. The fraction of sp³-hybridized carbons (Fsp3) is 0.345. The molecule has 1 saturated heterocycles. The lowest BCUT2D eigenvalue weighted by atomic mass is 9.90. The van der Waals surface area contributed by atoms with Gasteiger partial charge in [-0.3, -0.25) is 9.69 Å². The van der Waals surface area contributed by atoms with E-state index in [0.717, 1.165) is 35.2 Å². The second-order valence-electron chi connectivity index (χ2n) is 9.02. The van der Waals surface area contributed by atoms with E-state index in [4.69, 9.17) is 14.2 Å². The first kappa shape index (κ1) is 24.6. The molecule has 0 bridgehead atoms. The average molecular weight is 476 g/mol. The molecule has 2 atom stereocenters. The Morgan fingerprint density at radius 1 is 1.00 bits per heavy atom. The van der Waals surface area contributed by atoms with Gasteiger partial charge in [0.15, 0.2) is 11.5 Å². The van der Waals surface area contributed by atoms with Gasteiger partial charge in [-0.1, -0.05) is 60.2 Å². The van der Waals surface area contributed by atoms with Gasteiger partial charge >= 0.3 is 5.97 Å². The van der Waals surface area contributed by atoms with Crippen molar-refractivity contribution in [3.05, 3.63) is 89.0 Å². The molecule has 0 radical (unpaired) electrons. The number of carbonyl (C=O) groups is 1. The van der Waals surface area contributed by atoms with Crippen molar-refractivity contribution in [1.82, 2.24) is 4.90 Å². The van der Waals surface area contributed by atoms with Crippen LogP contribution in [-0.2, 0) is 11.4 Å². The van der Waals surface area contributed by atoms with Crippen LogP contribution in [0.5, 0.6) is 17.2 Å². The maximum Gasteiger partial charge on any atom is 0.307 e. The number of piperidine rings is 1. The van der Waals surface area contributed by atoms with Crippen LogP contribution in [0.2, 0.25) is 0 Å². The van der Waals surface area contributed by atoms with Crippen LogP contribution in [0.25, 0.3) is 0 Å². The molecule has 4 rings (SSSR count). The summed E-state index contributed by atoms with van der Waals surface area (Å²) in [6.07, 6.45) is 1.54. The Bertz CT molecular complexity index is 1120. The molecule has 1 fully saturated rings. The number of benzene rings is 3. The molecule has 1 aliphatic rings. The number of aryl methyl sites for hydroxylation is 1. The minimum absolute atomic E-state index is 0.136. The van der Waals surface area contributed by atoms with E-state index in [9.17, 15) is 9.90 Å². The van der Waals surface area contributed by atoms with Crippen molar-refractivity contribution in [2.75, 3.05) is 27.3 Å². The first-order valence-corrected chi connectivity index (χ1v) is 12.0. The van der Waals surface area contributed by atoms with E-state index >= 15 is 0 Å². The van der Waals surface area contributed by atoms with Gasteiger partial charge in [-0.25, -0.2) is 0 Å². The smallest absolute Gasteiger partial charge is 0.307 e. The Labute approximate surface area is 207 Å². The molecule has 184 valence electrons. The van der Waals surface area contributed by atoms with Crippen molar-refractivity contribution in [3.8, 4) is 17.2 Å². The summed E-state index contributed by atoms with van der Waals surface area (Å²) in [6.45, 7) is 3.77. The average Bonchev–Trinajstić information content (AvgIpc) is 2.88. The van der Waals surface area contributed by atoms with E-state index in [1.54, 1.807) is 14.2 Å². The quantitative estimate of drug-likeness (QED) is 0.442. The zero-order chi connectivity index (χ0) is 24.8. The summed E-state index contributed by atoms with van der Waals surface area (Å²) in [6, 6.07) is 22.2. The first-order valence-electron chi connectivity index (χ1n) is 12.0. The number of hydrogen-bond acceptors (Lipinski definition) is 5. The van der Waals surface area contributed by atoms with Crippen LogP contribution >= 0.6 is 0 Å². The molecule has 0 amide bonds. The fourth-order valence-electron chi connectivity index (χ4n) is 4.83. The van der Waals surface area contributed by atoms with E-state index in [0.29, 0.717) is 36.8 Å². The van der Waals surface area contributed by atoms with E-state index < -0.39 is 5.97 Å². The summed E-state index contributed by atoms with van der Waals surface area (Å²) in [5.74, 6) is 0.595. The molecule has 3 aromatic carbocycles. The standard InChI is InChI=1S/C29H33NO5/c1-20-9-7-12-22(15-20)27(30-14-8-13-23(18-30)29(31)32)24-16-25(33-2)28(26(17-24)34-3)35-19-21-10-5-4-6-11-21/h4-7,9-12,15-17,23,27H,8,13-14,18-19H2,1-3H3,(H,31,32). The van der Waals surface area contributed by atoms with Gasteiger partial charge < -0.3 is 19.3 Å². The monoisotopic (exact) mass is 475 g/mol. The van der Waals surface area contributed by atoms with Crippen LogP contribution in [-0.4, -0.2) is 43.3 Å². The second kappa shape index (κ2) is 11.3. The number of carboxylic acids is 1. The zero-order valence-corrected chi connectivity index (χ0v) is 20.6. The molecule has 6 heteroatoms. The van der Waals surface area contributed by atoms with Gasteiger partial charge in [-0.2, -0.15) is 0 Å². The van der Waals surface area contributed by atoms with Crippen molar-refractivity contribution in [2.24, 2.45) is 5.92 Å². The summed E-state index contributed by atoms with van der Waals surface area (Å²) < 4.78 is 17.7. The van der Waals surface area contributed by atoms with Crippen LogP contribution in [0.15, 0.2) is 66.7 Å². The number of likely N-dealkylation sites (tertiary alicyclic amines) is 1. The minimum atomic E-state index is -0.738. The Kier molecular flexibility index (Phi) is 7.93. The van der Waals surface area contributed by atoms with Gasteiger partial charge in [0.25, 0.3) is 0 Å². The van der Waals surface area contributed by atoms with Crippen LogP contribution in [0.3, 0.4) is 0 Å². The molecular weight excluding hydrogens is 442 g/mol. The Balaban J connectivity index is 1.74. The predicted molar refractivity (Wildman–Crippen MR) is 135 cm³/mol. The lowest BCUT2D eigenvalue weighted by molar-refractivity contribution is -0.143. The lowest BCUT2D eigenvalue weighted by Crippen LogP contribution is -2.41. The maximum atomic E-state index is 11.8. The summed E-state index contributed by atoms with van der Waals surface area (Å²) in [5.41, 5.74) is 4.29. The number of ether oxygens (including phenoxy) is 3. The molecule has 6 nitrogen and oxygen atoms in total. The number of aliphatic carboxylic acids is 1. The Morgan fingerprint density at radius 3 is 2.34 bits per heavy atom. The van der Waals surface area contributed by atoms with Crippen molar-refractivity contribution in [2.45, 2.75) is 32.4 Å². The van der Waals surface area contributed by atoms with Gasteiger partial charge in [0.05, 0.1) is 26.2 Å². The van der Waals surface area contributed by atoms with E-state index in [1.807, 2.05) is 48.5 Å². The third-order valence-corrected chi connectivity index (χ3v) is 6.55. The maximum absolute atomic E-state index is 11.8. The highest BCUT2D eigenvalue weighted by molar-refractivity contribution is 5.70. The topological polar surface area (TPSA) is 68.2 Å². The number of methoxy groups -OCH3 is 2. The second-order valence-corrected chi connectivity index (χ2v) is 9.02. The predicted octanol–water partition coefficient (Wildman–Crippen LogP) is 5.48. The largest absolute Gasteiger partial charge is 0.493 e. The Hall–Kier alpha value is -3.51.